The summed E-state index contributed by atoms with van der Waals surface area (Å²) in [6, 6.07) is 16.5. The van der Waals surface area contributed by atoms with Crippen molar-refractivity contribution in [2.24, 2.45) is 29.1 Å². The molecule has 0 N–H and O–H groups in total. The molecule has 0 radical (unpaired) electrons. The van der Waals surface area contributed by atoms with E-state index in [1.807, 2.05) is 53.8 Å². The quantitative estimate of drug-likeness (QED) is 0.286. The summed E-state index contributed by atoms with van der Waals surface area (Å²) in [5.41, 5.74) is 2.81. The monoisotopic (exact) mass is 475 g/mol. The summed E-state index contributed by atoms with van der Waals surface area (Å²) in [4.78, 5) is 18.7. The summed E-state index contributed by atoms with van der Waals surface area (Å²) in [5.74, 6) is 2.47. The van der Waals surface area contributed by atoms with Crippen LogP contribution in [0.3, 0.4) is 0 Å². The second kappa shape index (κ2) is 10.7. The third-order valence-electron chi connectivity index (χ3n) is 5.58. The Kier molecular flexibility index (Phi) is 7.47. The number of aliphatic imine (C=N–C) groups is 3. The van der Waals surface area contributed by atoms with Gasteiger partial charge in [0, 0.05) is 23.4 Å². The number of hydrogen-bond acceptors (Lipinski definition) is 6. The van der Waals surface area contributed by atoms with Crippen molar-refractivity contribution in [2.75, 3.05) is 27.2 Å². The summed E-state index contributed by atoms with van der Waals surface area (Å²) in [6.07, 6.45) is 4.81. The molecule has 0 fully saturated rings. The van der Waals surface area contributed by atoms with Crippen molar-refractivity contribution in [1.29, 1.82) is 0 Å². The Morgan fingerprint density at radius 1 is 1.09 bits per heavy atom. The fourth-order valence-corrected chi connectivity index (χ4v) is 4.78. The fourth-order valence-electron chi connectivity index (χ4n) is 3.85. The summed E-state index contributed by atoms with van der Waals surface area (Å²) in [7, 11) is 7.68. The number of aryl methyl sites for hydroxylation is 2. The highest BCUT2D eigenvalue weighted by atomic mass is 32.2. The highest BCUT2D eigenvalue weighted by molar-refractivity contribution is 7.99. The van der Waals surface area contributed by atoms with Crippen molar-refractivity contribution >= 4 is 40.6 Å². The zero-order valence-electron chi connectivity index (χ0n) is 20.4. The van der Waals surface area contributed by atoms with E-state index in [1.54, 1.807) is 18.9 Å². The first-order chi connectivity index (χ1) is 16.5. The van der Waals surface area contributed by atoms with Crippen molar-refractivity contribution in [3.05, 3.63) is 66.7 Å². The molecule has 0 saturated heterocycles. The van der Waals surface area contributed by atoms with Crippen LogP contribution in [0.15, 0.2) is 85.7 Å². The van der Waals surface area contributed by atoms with Gasteiger partial charge in [0.1, 0.15) is 18.2 Å². The molecule has 0 bridgehead atoms. The minimum Gasteiger partial charge on any atom is -0.475 e. The lowest BCUT2D eigenvalue weighted by Gasteiger charge is -2.14. The maximum Gasteiger partial charge on any atom is 0.344 e. The number of hydrogen-bond donors (Lipinski definition) is 0. The van der Waals surface area contributed by atoms with E-state index < -0.39 is 0 Å². The van der Waals surface area contributed by atoms with Gasteiger partial charge in [0.25, 0.3) is 0 Å². The van der Waals surface area contributed by atoms with Crippen LogP contribution in [-0.2, 0) is 18.8 Å². The zero-order valence-corrected chi connectivity index (χ0v) is 21.2. The van der Waals surface area contributed by atoms with Gasteiger partial charge in [-0.15, -0.1) is 0 Å². The van der Waals surface area contributed by atoms with Gasteiger partial charge < -0.3 is 9.64 Å². The van der Waals surface area contributed by atoms with Gasteiger partial charge in [-0.3, -0.25) is 4.99 Å². The molecule has 8 heteroatoms. The highest BCUT2D eigenvalue weighted by Crippen LogP contribution is 2.32. The van der Waals surface area contributed by atoms with Crippen LogP contribution in [-0.4, -0.2) is 54.2 Å². The molecule has 34 heavy (non-hydrogen) atoms. The third kappa shape index (κ3) is 5.39. The van der Waals surface area contributed by atoms with Gasteiger partial charge in [0.15, 0.2) is 0 Å². The van der Waals surface area contributed by atoms with Crippen LogP contribution in [0, 0.1) is 0 Å². The maximum absolute atomic E-state index is 5.61. The molecule has 0 unspecified atom stereocenters. The number of rotatable bonds is 7. The molecule has 0 atom stereocenters. The predicted octanol–water partition coefficient (Wildman–Crippen LogP) is 4.55. The van der Waals surface area contributed by atoms with Crippen molar-refractivity contribution < 1.29 is 9.30 Å². The molecule has 176 valence electrons. The maximum atomic E-state index is 5.61. The van der Waals surface area contributed by atoms with Gasteiger partial charge in [0.2, 0.25) is 0 Å². The number of likely N-dealkylation sites (N-methyl/N-ethyl adjacent to an activating group) is 1. The van der Waals surface area contributed by atoms with Crippen LogP contribution in [0.25, 0.3) is 0 Å². The summed E-state index contributed by atoms with van der Waals surface area (Å²) < 4.78 is 9.59. The number of ether oxygens (including phenoxy) is 1. The second-order valence-corrected chi connectivity index (χ2v) is 9.25. The average molecular weight is 476 g/mol. The molecule has 2 heterocycles. The van der Waals surface area contributed by atoms with Crippen LogP contribution in [0.1, 0.15) is 19.2 Å². The molecule has 1 aliphatic rings. The predicted molar refractivity (Wildman–Crippen MR) is 139 cm³/mol. The van der Waals surface area contributed by atoms with E-state index in [4.69, 9.17) is 14.7 Å². The van der Waals surface area contributed by atoms with Gasteiger partial charge in [0.05, 0.1) is 44.8 Å². The lowest BCUT2D eigenvalue weighted by molar-refractivity contribution is -0.672. The molecule has 0 amide bonds. The van der Waals surface area contributed by atoms with Gasteiger partial charge >= 0.3 is 11.7 Å². The standard InChI is InChI=1S/C26H31N6OS/c1-6-23(24-27-13-14-30(24)2)28-19-9-7-11-21(17-19)34-22-12-8-10-20(18-22)29-25(33-5)26-31(3)15-16-32(26)4/h7-12,15-18H,6,13-14H2,1-5H3/q+1. The number of amidine groups is 1. The van der Waals surface area contributed by atoms with Crippen LogP contribution in [0.2, 0.25) is 0 Å². The molecular formula is C26H31N6OS+. The van der Waals surface area contributed by atoms with Crippen molar-refractivity contribution in [3.8, 4) is 0 Å². The normalized spacial score (nSPS) is 14.5. The summed E-state index contributed by atoms with van der Waals surface area (Å²) in [5, 5.41) is 0. The van der Waals surface area contributed by atoms with E-state index >= 15 is 0 Å². The Hall–Kier alpha value is -3.39. The van der Waals surface area contributed by atoms with Gasteiger partial charge in [-0.25, -0.2) is 19.1 Å². The van der Waals surface area contributed by atoms with Crippen molar-refractivity contribution in [1.82, 2.24) is 9.47 Å². The largest absolute Gasteiger partial charge is 0.475 e. The molecule has 1 aromatic heterocycles. The Labute approximate surface area is 205 Å². The van der Waals surface area contributed by atoms with Crippen molar-refractivity contribution in [2.45, 2.75) is 23.1 Å². The van der Waals surface area contributed by atoms with E-state index in [9.17, 15) is 0 Å². The second-order valence-electron chi connectivity index (χ2n) is 8.10. The lowest BCUT2D eigenvalue weighted by atomic mass is 10.2. The first-order valence-electron chi connectivity index (χ1n) is 11.3. The van der Waals surface area contributed by atoms with E-state index in [-0.39, 0.29) is 0 Å². The first-order valence-corrected chi connectivity index (χ1v) is 12.2. The molecule has 3 aromatic rings. The van der Waals surface area contributed by atoms with Crippen molar-refractivity contribution in [3.63, 3.8) is 0 Å². The Balaban J connectivity index is 1.56. The molecule has 1 aliphatic heterocycles. The average Bonchev–Trinajstić information content (AvgIpc) is 3.41. The number of nitrogens with zero attached hydrogens (tertiary/aromatic N) is 6. The molecule has 0 spiro atoms. The highest BCUT2D eigenvalue weighted by Gasteiger charge is 2.20. The molecule has 0 aliphatic carbocycles. The first kappa shape index (κ1) is 23.8. The van der Waals surface area contributed by atoms with E-state index in [0.717, 1.165) is 58.0 Å². The summed E-state index contributed by atoms with van der Waals surface area (Å²) in [6.45, 7) is 3.92. The van der Waals surface area contributed by atoms with Crippen LogP contribution in [0.4, 0.5) is 11.4 Å². The number of aromatic nitrogens is 2. The van der Waals surface area contributed by atoms with E-state index in [2.05, 4.69) is 54.2 Å². The Bertz CT molecular complexity index is 1240. The van der Waals surface area contributed by atoms with Crippen LogP contribution < -0.4 is 4.57 Å². The number of methoxy groups -OCH3 is 1. The lowest BCUT2D eigenvalue weighted by Crippen LogP contribution is -2.35. The van der Waals surface area contributed by atoms with Gasteiger partial charge in [-0.1, -0.05) is 30.8 Å². The van der Waals surface area contributed by atoms with E-state index in [0.29, 0.717) is 5.90 Å². The smallest absolute Gasteiger partial charge is 0.344 e. The molecule has 4 rings (SSSR count). The number of imidazole rings is 1. The topological polar surface area (TPSA) is 58.4 Å². The van der Waals surface area contributed by atoms with Crippen LogP contribution in [0.5, 0.6) is 0 Å². The fraction of sp³-hybridized carbons (Fsp3) is 0.308. The SMILES string of the molecule is CCC(=Nc1cccc(Sc2cccc(N=C(OC)c3n(C)cc[n+]3C)c2)c1)C1=NCCN1C. The molecule has 2 aromatic carbocycles. The minimum atomic E-state index is 0.570. The van der Waals surface area contributed by atoms with E-state index in [1.165, 1.54) is 0 Å². The number of benzene rings is 2. The Morgan fingerprint density at radius 2 is 1.76 bits per heavy atom. The van der Waals surface area contributed by atoms with Gasteiger partial charge in [-0.05, 0) is 42.8 Å². The van der Waals surface area contributed by atoms with Gasteiger partial charge in [-0.2, -0.15) is 0 Å². The zero-order chi connectivity index (χ0) is 24.1. The third-order valence-corrected chi connectivity index (χ3v) is 6.56. The summed E-state index contributed by atoms with van der Waals surface area (Å²) >= 11 is 1.69. The Morgan fingerprint density at radius 3 is 2.29 bits per heavy atom. The molecule has 0 saturated carbocycles. The molecular weight excluding hydrogens is 444 g/mol. The minimum absolute atomic E-state index is 0.570. The van der Waals surface area contributed by atoms with Crippen LogP contribution >= 0.6 is 11.8 Å². The molecule has 7 nitrogen and oxygen atoms in total.